The van der Waals surface area contributed by atoms with Gasteiger partial charge >= 0.3 is 0 Å². The summed E-state index contributed by atoms with van der Waals surface area (Å²) in [4.78, 5) is 0. The van der Waals surface area contributed by atoms with Crippen LogP contribution in [0.3, 0.4) is 0 Å². The fraction of sp³-hybridized carbons (Fsp3) is 1.00. The number of hydrogen-bond acceptors (Lipinski definition) is 2. The lowest BCUT2D eigenvalue weighted by atomic mass is 9.83. The van der Waals surface area contributed by atoms with E-state index < -0.39 is 0 Å². The van der Waals surface area contributed by atoms with Gasteiger partial charge in [-0.15, -0.1) is 0 Å². The maximum atomic E-state index is 9.78. The zero-order valence-corrected chi connectivity index (χ0v) is 7.56. The Morgan fingerprint density at radius 3 is 2.18 bits per heavy atom. The third-order valence-corrected chi connectivity index (χ3v) is 2.73. The van der Waals surface area contributed by atoms with Crippen molar-refractivity contribution in [2.75, 3.05) is 13.1 Å². The molecular formula is C9H19NO. The molecule has 0 unspecified atom stereocenters. The van der Waals surface area contributed by atoms with Gasteiger partial charge in [0.05, 0.1) is 5.60 Å². The minimum atomic E-state index is -0.364. The molecule has 11 heavy (non-hydrogen) atoms. The first-order valence-electron chi connectivity index (χ1n) is 4.63. The SMILES string of the molecule is CCC(CC)CC1(O)CNC1. The second-order valence-corrected chi connectivity index (χ2v) is 3.71. The van der Waals surface area contributed by atoms with Crippen molar-refractivity contribution in [2.24, 2.45) is 5.92 Å². The first kappa shape index (κ1) is 9.01. The quantitative estimate of drug-likeness (QED) is 0.641. The van der Waals surface area contributed by atoms with E-state index in [0.717, 1.165) is 19.5 Å². The molecule has 1 heterocycles. The van der Waals surface area contributed by atoms with Crippen molar-refractivity contribution in [1.82, 2.24) is 5.32 Å². The van der Waals surface area contributed by atoms with Crippen LogP contribution in [0.25, 0.3) is 0 Å². The van der Waals surface area contributed by atoms with E-state index in [1.165, 1.54) is 12.8 Å². The van der Waals surface area contributed by atoms with E-state index in [-0.39, 0.29) is 5.60 Å². The second-order valence-electron chi connectivity index (χ2n) is 3.71. The summed E-state index contributed by atoms with van der Waals surface area (Å²) < 4.78 is 0. The minimum Gasteiger partial charge on any atom is -0.387 e. The van der Waals surface area contributed by atoms with Crippen molar-refractivity contribution in [3.63, 3.8) is 0 Å². The summed E-state index contributed by atoms with van der Waals surface area (Å²) >= 11 is 0. The van der Waals surface area contributed by atoms with Gasteiger partial charge in [-0.05, 0) is 12.3 Å². The van der Waals surface area contributed by atoms with Gasteiger partial charge in [-0.3, -0.25) is 0 Å². The molecule has 1 aliphatic heterocycles. The van der Waals surface area contributed by atoms with Crippen LogP contribution in [0.15, 0.2) is 0 Å². The molecule has 66 valence electrons. The van der Waals surface area contributed by atoms with Crippen LogP contribution in [0.5, 0.6) is 0 Å². The molecule has 2 heteroatoms. The van der Waals surface area contributed by atoms with E-state index in [1.807, 2.05) is 0 Å². The van der Waals surface area contributed by atoms with E-state index in [0.29, 0.717) is 5.92 Å². The van der Waals surface area contributed by atoms with Crippen molar-refractivity contribution in [1.29, 1.82) is 0 Å². The van der Waals surface area contributed by atoms with Crippen LogP contribution < -0.4 is 5.32 Å². The van der Waals surface area contributed by atoms with E-state index >= 15 is 0 Å². The molecule has 2 nitrogen and oxygen atoms in total. The van der Waals surface area contributed by atoms with Crippen molar-refractivity contribution in [3.8, 4) is 0 Å². The first-order chi connectivity index (χ1) is 5.20. The molecule has 1 fully saturated rings. The minimum absolute atomic E-state index is 0.364. The molecule has 0 saturated carbocycles. The van der Waals surface area contributed by atoms with Crippen LogP contribution in [0.2, 0.25) is 0 Å². The zero-order chi connectivity index (χ0) is 8.32. The molecular weight excluding hydrogens is 138 g/mol. The zero-order valence-electron chi connectivity index (χ0n) is 7.56. The maximum Gasteiger partial charge on any atom is 0.0897 e. The van der Waals surface area contributed by atoms with Crippen LogP contribution >= 0.6 is 0 Å². The molecule has 0 amide bonds. The number of β-amino-alcohol motifs (C(OH)–C–C–N with tert-alkyl or cyclic N) is 1. The highest BCUT2D eigenvalue weighted by molar-refractivity contribution is 4.93. The Morgan fingerprint density at radius 1 is 1.36 bits per heavy atom. The van der Waals surface area contributed by atoms with Gasteiger partial charge in [0.2, 0.25) is 0 Å². The first-order valence-corrected chi connectivity index (χ1v) is 4.63. The Kier molecular flexibility index (Phi) is 2.90. The lowest BCUT2D eigenvalue weighted by Gasteiger charge is -2.39. The van der Waals surface area contributed by atoms with Crippen LogP contribution in [0.1, 0.15) is 33.1 Å². The molecule has 1 aliphatic rings. The van der Waals surface area contributed by atoms with E-state index in [1.54, 1.807) is 0 Å². The van der Waals surface area contributed by atoms with E-state index in [2.05, 4.69) is 19.2 Å². The van der Waals surface area contributed by atoms with E-state index in [4.69, 9.17) is 0 Å². The Balaban J connectivity index is 2.27. The summed E-state index contributed by atoms with van der Waals surface area (Å²) in [6.07, 6.45) is 3.37. The van der Waals surface area contributed by atoms with Crippen molar-refractivity contribution < 1.29 is 5.11 Å². The third kappa shape index (κ3) is 2.17. The Bertz CT molecular complexity index is 117. The van der Waals surface area contributed by atoms with Crippen molar-refractivity contribution >= 4 is 0 Å². The Hall–Kier alpha value is -0.0800. The highest BCUT2D eigenvalue weighted by atomic mass is 16.3. The molecule has 0 atom stereocenters. The summed E-state index contributed by atoms with van der Waals surface area (Å²) in [5.41, 5.74) is -0.364. The molecule has 0 aromatic heterocycles. The standard InChI is InChI=1S/C9H19NO/c1-3-8(4-2)5-9(11)6-10-7-9/h8,10-11H,3-7H2,1-2H3. The molecule has 0 aliphatic carbocycles. The van der Waals surface area contributed by atoms with Crippen molar-refractivity contribution in [3.05, 3.63) is 0 Å². The van der Waals surface area contributed by atoms with Gasteiger partial charge in [0.25, 0.3) is 0 Å². The number of hydrogen-bond donors (Lipinski definition) is 2. The molecule has 2 N–H and O–H groups in total. The van der Waals surface area contributed by atoms with Gasteiger partial charge in [-0.25, -0.2) is 0 Å². The van der Waals surface area contributed by atoms with Crippen LogP contribution in [0, 0.1) is 5.92 Å². The third-order valence-electron chi connectivity index (χ3n) is 2.73. The van der Waals surface area contributed by atoms with Gasteiger partial charge in [0.1, 0.15) is 0 Å². The molecule has 1 rings (SSSR count). The van der Waals surface area contributed by atoms with Crippen molar-refractivity contribution in [2.45, 2.75) is 38.7 Å². The van der Waals surface area contributed by atoms with Gasteiger partial charge in [-0.1, -0.05) is 26.7 Å². The average Bonchev–Trinajstić information content (AvgIpc) is 1.97. The normalized spacial score (nSPS) is 21.8. The van der Waals surface area contributed by atoms with Crippen LogP contribution in [-0.2, 0) is 0 Å². The Morgan fingerprint density at radius 2 is 1.91 bits per heavy atom. The van der Waals surface area contributed by atoms with E-state index in [9.17, 15) is 5.11 Å². The summed E-state index contributed by atoms with van der Waals surface area (Å²) in [5, 5.41) is 12.9. The van der Waals surface area contributed by atoms with Crippen LogP contribution in [0.4, 0.5) is 0 Å². The number of aliphatic hydroxyl groups is 1. The highest BCUT2D eigenvalue weighted by Gasteiger charge is 2.35. The molecule has 0 aromatic rings. The Labute approximate surface area is 69.0 Å². The molecule has 0 bridgehead atoms. The number of rotatable bonds is 4. The summed E-state index contributed by atoms with van der Waals surface area (Å²) in [6, 6.07) is 0. The van der Waals surface area contributed by atoms with Gasteiger partial charge in [-0.2, -0.15) is 0 Å². The number of nitrogens with one attached hydrogen (secondary N) is 1. The lowest BCUT2D eigenvalue weighted by molar-refractivity contribution is -0.0312. The second kappa shape index (κ2) is 3.55. The lowest BCUT2D eigenvalue weighted by Crippen LogP contribution is -2.60. The topological polar surface area (TPSA) is 32.3 Å². The predicted octanol–water partition coefficient (Wildman–Crippen LogP) is 1.15. The van der Waals surface area contributed by atoms with Gasteiger partial charge < -0.3 is 10.4 Å². The highest BCUT2D eigenvalue weighted by Crippen LogP contribution is 2.24. The van der Waals surface area contributed by atoms with Gasteiger partial charge in [0, 0.05) is 13.1 Å². The smallest absolute Gasteiger partial charge is 0.0897 e. The average molecular weight is 157 g/mol. The summed E-state index contributed by atoms with van der Waals surface area (Å²) in [5.74, 6) is 0.710. The summed E-state index contributed by atoms with van der Waals surface area (Å²) in [7, 11) is 0. The van der Waals surface area contributed by atoms with Gasteiger partial charge in [0.15, 0.2) is 0 Å². The monoisotopic (exact) mass is 157 g/mol. The predicted molar refractivity (Wildman–Crippen MR) is 46.5 cm³/mol. The molecule has 1 saturated heterocycles. The maximum absolute atomic E-state index is 9.78. The largest absolute Gasteiger partial charge is 0.387 e. The molecule has 0 spiro atoms. The molecule has 0 radical (unpaired) electrons. The van der Waals surface area contributed by atoms with Crippen LogP contribution in [-0.4, -0.2) is 23.8 Å². The summed E-state index contributed by atoms with van der Waals surface area (Å²) in [6.45, 7) is 5.99. The fourth-order valence-corrected chi connectivity index (χ4v) is 1.67. The molecule has 0 aromatic carbocycles. The fourth-order valence-electron chi connectivity index (χ4n) is 1.67.